The zero-order valence-electron chi connectivity index (χ0n) is 22.1. The molecule has 208 valence electrons. The third-order valence-electron chi connectivity index (χ3n) is 7.11. The van der Waals surface area contributed by atoms with Crippen LogP contribution >= 0.6 is 23.2 Å². The van der Waals surface area contributed by atoms with Crippen molar-refractivity contribution in [1.82, 2.24) is 25.1 Å². The Morgan fingerprint density at radius 1 is 0.975 bits per heavy atom. The van der Waals surface area contributed by atoms with Gasteiger partial charge in [-0.25, -0.2) is 14.8 Å². The molecule has 4 amide bonds. The largest absolute Gasteiger partial charge is 0.497 e. The van der Waals surface area contributed by atoms with Crippen molar-refractivity contribution >= 4 is 41.0 Å². The molecule has 0 unspecified atom stereocenters. The molecule has 5 rings (SSSR count). The lowest BCUT2D eigenvalue weighted by Gasteiger charge is -2.54. The van der Waals surface area contributed by atoms with Gasteiger partial charge in [-0.2, -0.15) is 0 Å². The summed E-state index contributed by atoms with van der Waals surface area (Å²) in [7, 11) is 3.29. The number of amides is 4. The number of hydrogen-bond acceptors (Lipinski definition) is 5. The van der Waals surface area contributed by atoms with E-state index >= 15 is 0 Å². The molecule has 2 fully saturated rings. The third-order valence-corrected chi connectivity index (χ3v) is 7.85. The summed E-state index contributed by atoms with van der Waals surface area (Å²) in [6.07, 6.45) is -0.729. The van der Waals surface area contributed by atoms with Gasteiger partial charge in [0.05, 0.1) is 30.2 Å². The maximum absolute atomic E-state index is 13.9. The fraction of sp³-hybridized carbons (Fsp3) is 0.276. The molecule has 0 aromatic heterocycles. The minimum Gasteiger partial charge on any atom is -0.497 e. The molecule has 2 aliphatic heterocycles. The monoisotopic (exact) mass is 581 g/mol. The standard InChI is InChI=1S/C29H29Cl2N5O4/c1-33-18-26(37)35-25(36(33)29(39)32-15-19-8-11-22(40-2)12-9-19)17-34(16-20-10-13-23(30)24(31)14-20)28(38)27(35)21-6-4-3-5-7-21/h3-14,25,27H,15-18H2,1-2H3,(H,32,39)/t25-,27-/m0/s1. The fourth-order valence-corrected chi connectivity index (χ4v) is 5.48. The summed E-state index contributed by atoms with van der Waals surface area (Å²) in [4.78, 5) is 44.2. The van der Waals surface area contributed by atoms with Crippen molar-refractivity contribution in [3.05, 3.63) is 99.5 Å². The van der Waals surface area contributed by atoms with E-state index in [1.54, 1.807) is 36.2 Å². The van der Waals surface area contributed by atoms with E-state index in [0.717, 1.165) is 16.9 Å². The Labute approximate surface area is 242 Å². The zero-order valence-corrected chi connectivity index (χ0v) is 23.6. The molecule has 11 heteroatoms. The molecule has 1 N–H and O–H groups in total. The molecule has 0 bridgehead atoms. The van der Waals surface area contributed by atoms with Crippen LogP contribution in [0.15, 0.2) is 72.8 Å². The first kappa shape index (κ1) is 27.8. The molecule has 9 nitrogen and oxygen atoms in total. The number of rotatable bonds is 6. The van der Waals surface area contributed by atoms with Crippen molar-refractivity contribution in [3.63, 3.8) is 0 Å². The van der Waals surface area contributed by atoms with E-state index in [-0.39, 0.29) is 44.0 Å². The number of nitrogens with zero attached hydrogens (tertiary/aromatic N) is 4. The number of methoxy groups -OCH3 is 1. The fourth-order valence-electron chi connectivity index (χ4n) is 5.16. The van der Waals surface area contributed by atoms with Gasteiger partial charge >= 0.3 is 6.03 Å². The molecular formula is C29H29Cl2N5O4. The smallest absolute Gasteiger partial charge is 0.334 e. The normalized spacial score (nSPS) is 19.4. The number of fused-ring (bicyclic) bond motifs is 1. The van der Waals surface area contributed by atoms with Crippen LogP contribution in [0.4, 0.5) is 4.79 Å². The second-order valence-corrected chi connectivity index (χ2v) is 10.5. The van der Waals surface area contributed by atoms with Crippen LogP contribution in [0.1, 0.15) is 22.7 Å². The Kier molecular flexibility index (Phi) is 8.16. The predicted molar refractivity (Wildman–Crippen MR) is 151 cm³/mol. The molecular weight excluding hydrogens is 553 g/mol. The minimum absolute atomic E-state index is 0.0458. The summed E-state index contributed by atoms with van der Waals surface area (Å²) in [5.74, 6) is 0.258. The van der Waals surface area contributed by atoms with Crippen LogP contribution in [0, 0.1) is 0 Å². The second-order valence-electron chi connectivity index (χ2n) is 9.73. The third kappa shape index (κ3) is 5.58. The van der Waals surface area contributed by atoms with E-state index < -0.39 is 12.2 Å². The van der Waals surface area contributed by atoms with Gasteiger partial charge in [-0.05, 0) is 41.0 Å². The lowest BCUT2D eigenvalue weighted by Crippen LogP contribution is -2.73. The first-order chi connectivity index (χ1) is 19.3. The summed E-state index contributed by atoms with van der Waals surface area (Å²) in [6.45, 7) is 0.592. The SMILES string of the molecule is COc1ccc(CNC(=O)N2[C@H]3CN(Cc4ccc(Cl)c(Cl)c4)C(=O)[C@H](c4ccccc4)N3C(=O)CN2C)cc1. The van der Waals surface area contributed by atoms with Crippen LogP contribution in [0.2, 0.25) is 10.0 Å². The number of nitrogens with one attached hydrogen (secondary N) is 1. The van der Waals surface area contributed by atoms with Crippen LogP contribution in [0.25, 0.3) is 0 Å². The molecule has 40 heavy (non-hydrogen) atoms. The van der Waals surface area contributed by atoms with Crippen molar-refractivity contribution in [3.8, 4) is 5.75 Å². The summed E-state index contributed by atoms with van der Waals surface area (Å²) in [5, 5.41) is 6.89. The zero-order chi connectivity index (χ0) is 28.4. The van der Waals surface area contributed by atoms with Crippen LogP contribution in [0.3, 0.4) is 0 Å². The predicted octanol–water partition coefficient (Wildman–Crippen LogP) is 4.31. The number of likely N-dealkylation sites (N-methyl/N-ethyl adjacent to an activating group) is 1. The van der Waals surface area contributed by atoms with Crippen molar-refractivity contribution < 1.29 is 19.1 Å². The lowest BCUT2D eigenvalue weighted by atomic mass is 9.98. The maximum Gasteiger partial charge on any atom is 0.334 e. The highest BCUT2D eigenvalue weighted by Crippen LogP contribution is 2.35. The number of piperazine rings is 1. The average molecular weight is 582 g/mol. The number of benzene rings is 3. The second kappa shape index (κ2) is 11.8. The van der Waals surface area contributed by atoms with Crippen LogP contribution in [0.5, 0.6) is 5.75 Å². The molecule has 0 spiro atoms. The molecule has 0 saturated carbocycles. The Morgan fingerprint density at radius 3 is 2.35 bits per heavy atom. The van der Waals surface area contributed by atoms with E-state index in [2.05, 4.69) is 5.32 Å². The van der Waals surface area contributed by atoms with Crippen molar-refractivity contribution in [2.75, 3.05) is 27.2 Å². The molecule has 3 aromatic rings. The minimum atomic E-state index is -0.888. The van der Waals surface area contributed by atoms with E-state index in [9.17, 15) is 14.4 Å². The molecule has 2 aliphatic rings. The van der Waals surface area contributed by atoms with Gasteiger partial charge in [-0.1, -0.05) is 71.7 Å². The Bertz CT molecular complexity index is 1410. The van der Waals surface area contributed by atoms with Crippen molar-refractivity contribution in [1.29, 1.82) is 0 Å². The molecule has 2 heterocycles. The molecule has 3 aromatic carbocycles. The Morgan fingerprint density at radius 2 is 1.68 bits per heavy atom. The number of urea groups is 1. The van der Waals surface area contributed by atoms with E-state index in [4.69, 9.17) is 27.9 Å². The van der Waals surface area contributed by atoms with E-state index in [0.29, 0.717) is 15.6 Å². The average Bonchev–Trinajstić information content (AvgIpc) is 2.95. The summed E-state index contributed by atoms with van der Waals surface area (Å²) < 4.78 is 5.21. The van der Waals surface area contributed by atoms with Gasteiger partial charge in [0.15, 0.2) is 0 Å². The summed E-state index contributed by atoms with van der Waals surface area (Å²) >= 11 is 12.3. The molecule has 2 saturated heterocycles. The van der Waals surface area contributed by atoms with Gasteiger partial charge in [-0.3, -0.25) is 9.59 Å². The van der Waals surface area contributed by atoms with Crippen LogP contribution < -0.4 is 10.1 Å². The van der Waals surface area contributed by atoms with Gasteiger partial charge in [0, 0.05) is 20.1 Å². The molecule has 0 radical (unpaired) electrons. The number of ether oxygens (including phenoxy) is 1. The van der Waals surface area contributed by atoms with Crippen molar-refractivity contribution in [2.45, 2.75) is 25.3 Å². The first-order valence-electron chi connectivity index (χ1n) is 12.8. The van der Waals surface area contributed by atoms with Crippen LogP contribution in [-0.2, 0) is 22.7 Å². The maximum atomic E-state index is 13.9. The Hall–Kier alpha value is -3.79. The highest BCUT2D eigenvalue weighted by atomic mass is 35.5. The van der Waals surface area contributed by atoms with Gasteiger partial charge in [0.1, 0.15) is 18.0 Å². The van der Waals surface area contributed by atoms with Gasteiger partial charge in [0.2, 0.25) is 5.91 Å². The van der Waals surface area contributed by atoms with Crippen molar-refractivity contribution in [2.24, 2.45) is 0 Å². The quantitative estimate of drug-likeness (QED) is 0.469. The summed E-state index contributed by atoms with van der Waals surface area (Å²) in [5.41, 5.74) is 2.35. The Balaban J connectivity index is 1.45. The number of hydrazine groups is 1. The first-order valence-corrected chi connectivity index (χ1v) is 13.5. The topological polar surface area (TPSA) is 85.4 Å². The number of carbonyl (C=O) groups is 3. The highest BCUT2D eigenvalue weighted by molar-refractivity contribution is 6.42. The summed E-state index contributed by atoms with van der Waals surface area (Å²) in [6, 6.07) is 20.5. The van der Waals surface area contributed by atoms with Gasteiger partial charge < -0.3 is 19.9 Å². The number of halogens is 2. The van der Waals surface area contributed by atoms with E-state index in [1.807, 2.05) is 60.7 Å². The van der Waals surface area contributed by atoms with Gasteiger partial charge in [-0.15, -0.1) is 0 Å². The molecule has 2 atom stereocenters. The van der Waals surface area contributed by atoms with Gasteiger partial charge in [0.25, 0.3) is 5.91 Å². The molecule has 0 aliphatic carbocycles. The van der Waals surface area contributed by atoms with E-state index in [1.165, 1.54) is 9.91 Å². The number of carbonyl (C=O) groups excluding carboxylic acids is 3. The highest BCUT2D eigenvalue weighted by Gasteiger charge is 2.51. The lowest BCUT2D eigenvalue weighted by molar-refractivity contribution is -0.188. The van der Waals surface area contributed by atoms with Crippen LogP contribution in [-0.4, -0.2) is 71.1 Å². The number of hydrogen-bond donors (Lipinski definition) is 1.